The molecule has 5 nitrogen and oxygen atoms in total. The number of benzene rings is 1. The Bertz CT molecular complexity index is 783. The molecule has 1 aromatic carbocycles. The van der Waals surface area contributed by atoms with Gasteiger partial charge in [-0.05, 0) is 59.3 Å². The zero-order chi connectivity index (χ0) is 19.2. The van der Waals surface area contributed by atoms with E-state index in [1.54, 1.807) is 35.6 Å². The van der Waals surface area contributed by atoms with Gasteiger partial charge in [-0.1, -0.05) is 0 Å². The molecule has 3 rings (SSSR count). The summed E-state index contributed by atoms with van der Waals surface area (Å²) in [6.45, 7) is 7.36. The first-order valence-corrected chi connectivity index (χ1v) is 10.7. The van der Waals surface area contributed by atoms with Crippen molar-refractivity contribution in [2.24, 2.45) is 0 Å². The Morgan fingerprint density at radius 3 is 2.30 bits per heavy atom. The molecule has 2 heterocycles. The number of halogens is 1. The molecule has 1 N–H and O–H groups in total. The van der Waals surface area contributed by atoms with Crippen molar-refractivity contribution < 1.29 is 9.59 Å². The van der Waals surface area contributed by atoms with Gasteiger partial charge in [-0.15, -0.1) is 11.3 Å². The number of amides is 1. The molecule has 7 heteroatoms. The van der Waals surface area contributed by atoms with Gasteiger partial charge in [-0.3, -0.25) is 14.5 Å². The van der Waals surface area contributed by atoms with E-state index in [1.165, 1.54) is 15.6 Å². The highest BCUT2D eigenvalue weighted by molar-refractivity contribution is 9.11. The van der Waals surface area contributed by atoms with Crippen molar-refractivity contribution in [1.82, 2.24) is 9.80 Å². The fourth-order valence-corrected chi connectivity index (χ4v) is 4.63. The first kappa shape index (κ1) is 20.2. The number of ketones is 1. The van der Waals surface area contributed by atoms with Crippen molar-refractivity contribution in [3.05, 3.63) is 50.6 Å². The molecule has 1 aliphatic rings. The van der Waals surface area contributed by atoms with Crippen LogP contribution in [0.3, 0.4) is 0 Å². The molecule has 27 heavy (non-hydrogen) atoms. The molecular weight excluding hydrogens is 426 g/mol. The summed E-state index contributed by atoms with van der Waals surface area (Å²) in [5.41, 5.74) is 1.39. The van der Waals surface area contributed by atoms with Gasteiger partial charge in [0.2, 0.25) is 5.91 Å². The number of thiophene rings is 1. The lowest BCUT2D eigenvalue weighted by Gasteiger charge is -2.34. The number of carbonyl (C=O) groups is 2. The summed E-state index contributed by atoms with van der Waals surface area (Å²) in [7, 11) is 0. The van der Waals surface area contributed by atoms with Crippen molar-refractivity contribution in [1.29, 1.82) is 0 Å². The largest absolute Gasteiger partial charge is 0.326 e. The summed E-state index contributed by atoms with van der Waals surface area (Å²) < 4.78 is 1.18. The van der Waals surface area contributed by atoms with E-state index in [9.17, 15) is 9.59 Å². The van der Waals surface area contributed by atoms with Gasteiger partial charge in [0.15, 0.2) is 5.78 Å². The Morgan fingerprint density at radius 1 is 1.04 bits per heavy atom. The monoisotopic (exact) mass is 449 g/mol. The molecular formula is C20H24BrN3O2S. The zero-order valence-corrected chi connectivity index (χ0v) is 17.8. The second-order valence-corrected chi connectivity index (χ2v) is 9.30. The van der Waals surface area contributed by atoms with Crippen LogP contribution in [0.25, 0.3) is 0 Å². The van der Waals surface area contributed by atoms with Crippen LogP contribution in [0.2, 0.25) is 0 Å². The summed E-state index contributed by atoms with van der Waals surface area (Å²) >= 11 is 5.30. The lowest BCUT2D eigenvalue weighted by Crippen LogP contribution is -2.46. The first-order chi connectivity index (χ1) is 13.0. The van der Waals surface area contributed by atoms with Gasteiger partial charge in [0.1, 0.15) is 0 Å². The van der Waals surface area contributed by atoms with Gasteiger partial charge in [-0.25, -0.2) is 0 Å². The van der Waals surface area contributed by atoms with E-state index in [4.69, 9.17) is 0 Å². The summed E-state index contributed by atoms with van der Waals surface area (Å²) in [5, 5.41) is 2.90. The van der Waals surface area contributed by atoms with Crippen LogP contribution in [-0.2, 0) is 11.3 Å². The Labute approximate surface area is 172 Å². The molecule has 0 unspecified atom stereocenters. The van der Waals surface area contributed by atoms with Crippen LogP contribution in [0.5, 0.6) is 0 Å². The molecule has 0 bridgehead atoms. The predicted molar refractivity (Wildman–Crippen MR) is 113 cm³/mol. The number of anilines is 1. The molecule has 0 atom stereocenters. The van der Waals surface area contributed by atoms with E-state index in [0.29, 0.717) is 12.0 Å². The Kier molecular flexibility index (Phi) is 7.18. The third kappa shape index (κ3) is 6.24. The highest BCUT2D eigenvalue weighted by Gasteiger charge is 2.18. The van der Waals surface area contributed by atoms with E-state index in [-0.39, 0.29) is 11.7 Å². The van der Waals surface area contributed by atoms with Crippen LogP contribution >= 0.6 is 27.3 Å². The fourth-order valence-electron chi connectivity index (χ4n) is 3.10. The van der Waals surface area contributed by atoms with Crippen LogP contribution in [0.1, 0.15) is 28.6 Å². The van der Waals surface area contributed by atoms with Crippen LogP contribution in [0.4, 0.5) is 5.69 Å². The van der Waals surface area contributed by atoms with Crippen molar-refractivity contribution in [3.8, 4) is 0 Å². The molecule has 1 aliphatic heterocycles. The Balaban J connectivity index is 1.36. The smallest absolute Gasteiger partial charge is 0.225 e. The maximum atomic E-state index is 12.2. The molecule has 0 saturated carbocycles. The Morgan fingerprint density at radius 2 is 1.70 bits per heavy atom. The van der Waals surface area contributed by atoms with E-state index in [1.807, 2.05) is 0 Å². The van der Waals surface area contributed by atoms with Crippen LogP contribution < -0.4 is 5.32 Å². The summed E-state index contributed by atoms with van der Waals surface area (Å²) in [6, 6.07) is 11.3. The van der Waals surface area contributed by atoms with E-state index in [2.05, 4.69) is 43.2 Å². The van der Waals surface area contributed by atoms with Gasteiger partial charge in [0, 0.05) is 61.8 Å². The third-order valence-electron chi connectivity index (χ3n) is 4.70. The van der Waals surface area contributed by atoms with Crippen LogP contribution in [-0.4, -0.2) is 54.2 Å². The second kappa shape index (κ2) is 9.59. The minimum atomic E-state index is 0.0106. The topological polar surface area (TPSA) is 52.7 Å². The first-order valence-electron chi connectivity index (χ1n) is 9.09. The molecule has 0 aliphatic carbocycles. The fraction of sp³-hybridized carbons (Fsp3) is 0.400. The molecule has 144 valence electrons. The maximum absolute atomic E-state index is 12.2. The molecule has 0 spiro atoms. The summed E-state index contributed by atoms with van der Waals surface area (Å²) in [4.78, 5) is 29.6. The van der Waals surface area contributed by atoms with Gasteiger partial charge >= 0.3 is 0 Å². The normalized spacial score (nSPS) is 15.6. The van der Waals surface area contributed by atoms with Gasteiger partial charge in [0.25, 0.3) is 0 Å². The minimum absolute atomic E-state index is 0.0106. The molecule has 1 amide bonds. The zero-order valence-electron chi connectivity index (χ0n) is 15.4. The number of nitrogens with one attached hydrogen (secondary N) is 1. The van der Waals surface area contributed by atoms with Gasteiger partial charge < -0.3 is 10.2 Å². The van der Waals surface area contributed by atoms with Crippen molar-refractivity contribution >= 4 is 44.6 Å². The highest BCUT2D eigenvalue weighted by atomic mass is 79.9. The second-order valence-electron chi connectivity index (χ2n) is 6.76. The number of piperazine rings is 1. The van der Waals surface area contributed by atoms with Crippen LogP contribution in [0.15, 0.2) is 40.2 Å². The molecule has 0 radical (unpaired) electrons. The van der Waals surface area contributed by atoms with Crippen molar-refractivity contribution in [2.45, 2.75) is 19.9 Å². The number of hydrogen-bond acceptors (Lipinski definition) is 5. The third-order valence-corrected chi connectivity index (χ3v) is 6.31. The molecule has 2 aromatic rings. The van der Waals surface area contributed by atoms with Gasteiger partial charge in [0.05, 0.1) is 3.79 Å². The van der Waals surface area contributed by atoms with E-state index < -0.39 is 0 Å². The molecule has 1 saturated heterocycles. The predicted octanol–water partition coefficient (Wildman–Crippen LogP) is 3.86. The lowest BCUT2D eigenvalue weighted by atomic mass is 10.1. The maximum Gasteiger partial charge on any atom is 0.225 e. The summed E-state index contributed by atoms with van der Waals surface area (Å²) in [6.07, 6.45) is 0.479. The van der Waals surface area contributed by atoms with Crippen LogP contribution in [0, 0.1) is 0 Å². The SMILES string of the molecule is CC(=O)c1ccc(NC(=O)CCN2CCN(Cc3ccc(Br)s3)CC2)cc1. The number of Topliss-reactive ketones (excluding diaryl/α,β-unsaturated/α-hetero) is 1. The highest BCUT2D eigenvalue weighted by Crippen LogP contribution is 2.23. The number of nitrogens with zero attached hydrogens (tertiary/aromatic N) is 2. The average Bonchev–Trinajstić information content (AvgIpc) is 3.06. The molecule has 1 aromatic heterocycles. The average molecular weight is 450 g/mol. The van der Waals surface area contributed by atoms with Crippen molar-refractivity contribution in [3.63, 3.8) is 0 Å². The lowest BCUT2D eigenvalue weighted by molar-refractivity contribution is -0.116. The quantitative estimate of drug-likeness (QED) is 0.651. The number of rotatable bonds is 7. The van der Waals surface area contributed by atoms with Gasteiger partial charge in [-0.2, -0.15) is 0 Å². The molecule has 1 fully saturated rings. The minimum Gasteiger partial charge on any atom is -0.326 e. The summed E-state index contributed by atoms with van der Waals surface area (Å²) in [5.74, 6) is 0.0372. The van der Waals surface area contributed by atoms with E-state index in [0.717, 1.165) is 45.0 Å². The Hall–Kier alpha value is -1.54. The standard InChI is InChI=1S/C20H24BrN3O2S/c1-15(25)16-2-4-17(5-3-16)22-20(26)8-9-23-10-12-24(13-11-23)14-18-6-7-19(21)27-18/h2-7H,8-14H2,1H3,(H,22,26). The number of carbonyl (C=O) groups excluding carboxylic acids is 2. The van der Waals surface area contributed by atoms with Crippen molar-refractivity contribution in [2.75, 3.05) is 38.0 Å². The number of hydrogen-bond donors (Lipinski definition) is 1. The van der Waals surface area contributed by atoms with E-state index >= 15 is 0 Å².